The van der Waals surface area contributed by atoms with Crippen molar-refractivity contribution in [1.29, 1.82) is 0 Å². The fourth-order valence-corrected chi connectivity index (χ4v) is 5.58. The summed E-state index contributed by atoms with van der Waals surface area (Å²) in [7, 11) is 1.96. The van der Waals surface area contributed by atoms with Gasteiger partial charge in [0.2, 0.25) is 0 Å². The summed E-state index contributed by atoms with van der Waals surface area (Å²) >= 11 is 0. The molecule has 176 valence electrons. The predicted molar refractivity (Wildman–Crippen MR) is 132 cm³/mol. The molecule has 1 aliphatic carbocycles. The molecule has 1 N–H and O–H groups in total. The number of aliphatic hydroxyl groups excluding tert-OH is 1. The smallest absolute Gasteiger partial charge is 0.295 e. The van der Waals surface area contributed by atoms with Crippen LogP contribution in [0.1, 0.15) is 55.3 Å². The first kappa shape index (κ1) is 22.3. The van der Waals surface area contributed by atoms with Gasteiger partial charge < -0.3 is 19.3 Å². The lowest BCUT2D eigenvalue weighted by Crippen LogP contribution is -2.37. The molecule has 1 amide bonds. The summed E-state index contributed by atoms with van der Waals surface area (Å²) in [6, 6.07) is 12.7. The Kier molecular flexibility index (Phi) is 5.68. The van der Waals surface area contributed by atoms with E-state index in [9.17, 15) is 14.7 Å². The first-order valence-electron chi connectivity index (χ1n) is 12.0. The van der Waals surface area contributed by atoms with E-state index in [0.717, 1.165) is 53.5 Å². The van der Waals surface area contributed by atoms with Crippen LogP contribution in [-0.2, 0) is 16.6 Å². The third-order valence-corrected chi connectivity index (χ3v) is 7.17. The van der Waals surface area contributed by atoms with Crippen molar-refractivity contribution >= 4 is 28.4 Å². The molecule has 1 aromatic heterocycles. The topological polar surface area (TPSA) is 71.8 Å². The number of ketones is 1. The van der Waals surface area contributed by atoms with E-state index < -0.39 is 17.7 Å². The number of aryl methyl sites for hydroxylation is 2. The zero-order valence-electron chi connectivity index (χ0n) is 19.9. The maximum atomic E-state index is 13.4. The Bertz CT molecular complexity index is 1310. The molecule has 1 saturated heterocycles. The van der Waals surface area contributed by atoms with Gasteiger partial charge in [0.05, 0.1) is 18.2 Å². The lowest BCUT2D eigenvalue weighted by Gasteiger charge is -2.30. The lowest BCUT2D eigenvalue weighted by atomic mass is 9.94. The van der Waals surface area contributed by atoms with Gasteiger partial charge in [-0.3, -0.25) is 9.59 Å². The number of carbonyl (C=O) groups is 2. The maximum absolute atomic E-state index is 13.4. The number of nitrogens with zero attached hydrogens (tertiary/aromatic N) is 2. The third-order valence-electron chi connectivity index (χ3n) is 7.17. The number of rotatable bonds is 5. The van der Waals surface area contributed by atoms with Gasteiger partial charge in [0, 0.05) is 41.3 Å². The fraction of sp³-hybridized carbons (Fsp3) is 0.357. The highest BCUT2D eigenvalue weighted by atomic mass is 16.5. The molecule has 2 aliphatic rings. The first-order chi connectivity index (χ1) is 16.4. The number of Topliss-reactive ketones (excluding diaryl/α,β-unsaturated/α-hetero) is 1. The molecule has 3 aromatic rings. The van der Waals surface area contributed by atoms with E-state index in [2.05, 4.69) is 0 Å². The number of fused-ring (bicyclic) bond motifs is 1. The molecule has 2 aromatic carbocycles. The fourth-order valence-electron chi connectivity index (χ4n) is 5.58. The minimum Gasteiger partial charge on any atom is -0.507 e. The number of benzene rings is 2. The Hall–Kier alpha value is -3.54. The van der Waals surface area contributed by atoms with Gasteiger partial charge in [-0.2, -0.15) is 0 Å². The van der Waals surface area contributed by atoms with Crippen molar-refractivity contribution in [1.82, 2.24) is 9.47 Å². The molecule has 1 atom stereocenters. The maximum Gasteiger partial charge on any atom is 0.295 e. The summed E-state index contributed by atoms with van der Waals surface area (Å²) in [6.45, 7) is 4.36. The summed E-state index contributed by atoms with van der Waals surface area (Å²) in [5, 5.41) is 12.4. The number of para-hydroxylation sites is 1. The Morgan fingerprint density at radius 1 is 1.12 bits per heavy atom. The monoisotopic (exact) mass is 458 g/mol. The molecule has 0 radical (unpaired) electrons. The molecule has 1 unspecified atom stereocenters. The van der Waals surface area contributed by atoms with Gasteiger partial charge in [0.25, 0.3) is 11.7 Å². The number of hydrogen-bond donors (Lipinski definition) is 1. The van der Waals surface area contributed by atoms with Crippen LogP contribution < -0.4 is 4.74 Å². The van der Waals surface area contributed by atoms with Gasteiger partial charge in [0.15, 0.2) is 0 Å². The molecule has 34 heavy (non-hydrogen) atoms. The SMILES string of the molecule is CCOc1ccc(/C(O)=C2\C(=O)C(=O)N(C3CCCC3)C2c2cn(C)c3ccccc23)cc1C. The molecule has 1 saturated carbocycles. The van der Waals surface area contributed by atoms with Crippen molar-refractivity contribution in [2.75, 3.05) is 6.61 Å². The van der Waals surface area contributed by atoms with Gasteiger partial charge in [0.1, 0.15) is 11.5 Å². The van der Waals surface area contributed by atoms with Crippen molar-refractivity contribution in [2.24, 2.45) is 7.05 Å². The van der Waals surface area contributed by atoms with Crippen LogP contribution in [0.15, 0.2) is 54.2 Å². The van der Waals surface area contributed by atoms with E-state index in [1.807, 2.05) is 62.0 Å². The molecule has 6 nitrogen and oxygen atoms in total. The highest BCUT2D eigenvalue weighted by molar-refractivity contribution is 6.46. The Labute approximate surface area is 199 Å². The van der Waals surface area contributed by atoms with Gasteiger partial charge >= 0.3 is 0 Å². The van der Waals surface area contributed by atoms with Crippen LogP contribution in [0.25, 0.3) is 16.7 Å². The van der Waals surface area contributed by atoms with Crippen molar-refractivity contribution in [3.8, 4) is 5.75 Å². The second-order valence-corrected chi connectivity index (χ2v) is 9.27. The minimum atomic E-state index is -0.624. The van der Waals surface area contributed by atoms with Gasteiger partial charge in [-0.1, -0.05) is 31.0 Å². The summed E-state index contributed by atoms with van der Waals surface area (Å²) in [6.07, 6.45) is 5.80. The van der Waals surface area contributed by atoms with E-state index in [1.165, 1.54) is 0 Å². The van der Waals surface area contributed by atoms with Crippen molar-refractivity contribution in [3.63, 3.8) is 0 Å². The number of likely N-dealkylation sites (tertiary alicyclic amines) is 1. The molecular weight excluding hydrogens is 428 g/mol. The Morgan fingerprint density at radius 3 is 2.56 bits per heavy atom. The lowest BCUT2D eigenvalue weighted by molar-refractivity contribution is -0.141. The Morgan fingerprint density at radius 2 is 1.85 bits per heavy atom. The van der Waals surface area contributed by atoms with E-state index in [4.69, 9.17) is 4.74 Å². The van der Waals surface area contributed by atoms with E-state index >= 15 is 0 Å². The number of carbonyl (C=O) groups excluding carboxylic acids is 2. The standard InChI is InChI=1S/C28H30N2O4/c1-4-34-23-14-13-18(15-17(23)2)26(31)24-25(21-16-29(3)22-12-8-7-11-20(21)22)30(28(33)27(24)32)19-9-5-6-10-19/h7-8,11-16,19,25,31H,4-6,9-10H2,1-3H3/b26-24+. The predicted octanol–water partition coefficient (Wildman–Crippen LogP) is 5.25. The van der Waals surface area contributed by atoms with Crippen molar-refractivity contribution in [2.45, 2.75) is 51.6 Å². The largest absolute Gasteiger partial charge is 0.507 e. The second kappa shape index (κ2) is 8.67. The molecule has 2 fully saturated rings. The van der Waals surface area contributed by atoms with Crippen LogP contribution in [0.2, 0.25) is 0 Å². The van der Waals surface area contributed by atoms with Crippen LogP contribution in [0, 0.1) is 6.92 Å². The molecule has 0 bridgehead atoms. The van der Waals surface area contributed by atoms with Crippen LogP contribution >= 0.6 is 0 Å². The molecule has 1 aliphatic heterocycles. The zero-order valence-corrected chi connectivity index (χ0v) is 19.9. The normalized spacial score (nSPS) is 20.6. The zero-order chi connectivity index (χ0) is 24.0. The Balaban J connectivity index is 1.72. The van der Waals surface area contributed by atoms with Crippen LogP contribution in [0.5, 0.6) is 5.75 Å². The van der Waals surface area contributed by atoms with Crippen molar-refractivity contribution in [3.05, 3.63) is 70.9 Å². The molecule has 5 rings (SSSR count). The number of aromatic nitrogens is 1. The summed E-state index contributed by atoms with van der Waals surface area (Å²) in [5.41, 5.74) is 3.42. The van der Waals surface area contributed by atoms with E-state index in [-0.39, 0.29) is 17.4 Å². The summed E-state index contributed by atoms with van der Waals surface area (Å²) in [5.74, 6) is -0.540. The van der Waals surface area contributed by atoms with Crippen molar-refractivity contribution < 1.29 is 19.4 Å². The average molecular weight is 459 g/mol. The summed E-state index contributed by atoms with van der Waals surface area (Å²) in [4.78, 5) is 28.5. The molecule has 6 heteroatoms. The first-order valence-corrected chi connectivity index (χ1v) is 12.0. The number of ether oxygens (including phenoxy) is 1. The van der Waals surface area contributed by atoms with Gasteiger partial charge in [-0.25, -0.2) is 0 Å². The summed E-state index contributed by atoms with van der Waals surface area (Å²) < 4.78 is 7.65. The van der Waals surface area contributed by atoms with Gasteiger partial charge in [-0.05, 0) is 56.5 Å². The quantitative estimate of drug-likeness (QED) is 0.322. The second-order valence-electron chi connectivity index (χ2n) is 9.27. The molecular formula is C28H30N2O4. The minimum absolute atomic E-state index is 0.00668. The highest BCUT2D eigenvalue weighted by Crippen LogP contribution is 2.45. The number of hydrogen-bond acceptors (Lipinski definition) is 4. The van der Waals surface area contributed by atoms with Crippen LogP contribution in [0.3, 0.4) is 0 Å². The van der Waals surface area contributed by atoms with Gasteiger partial charge in [-0.15, -0.1) is 0 Å². The third kappa shape index (κ3) is 3.49. The van der Waals surface area contributed by atoms with E-state index in [0.29, 0.717) is 12.2 Å². The average Bonchev–Trinajstić information content (AvgIpc) is 3.53. The highest BCUT2D eigenvalue weighted by Gasteiger charge is 2.50. The number of aliphatic hydroxyl groups is 1. The van der Waals surface area contributed by atoms with Crippen LogP contribution in [0.4, 0.5) is 0 Å². The van der Waals surface area contributed by atoms with E-state index in [1.54, 1.807) is 17.0 Å². The van der Waals surface area contributed by atoms with Crippen LogP contribution in [-0.4, -0.2) is 38.9 Å². The molecule has 2 heterocycles. The number of amides is 1. The molecule has 0 spiro atoms.